The molecule has 7 nitrogen and oxygen atoms in total. The normalized spacial score (nSPS) is 14.7. The van der Waals surface area contributed by atoms with E-state index in [1.165, 1.54) is 18.2 Å². The summed E-state index contributed by atoms with van der Waals surface area (Å²) in [6, 6.07) is 11.4. The van der Waals surface area contributed by atoms with E-state index >= 15 is 0 Å². The molecule has 0 atom stereocenters. The van der Waals surface area contributed by atoms with Crippen molar-refractivity contribution in [2.75, 3.05) is 18.0 Å². The van der Waals surface area contributed by atoms with Crippen LogP contribution in [-0.4, -0.2) is 39.8 Å². The van der Waals surface area contributed by atoms with E-state index in [-0.39, 0.29) is 23.3 Å². The molecule has 3 aromatic rings. The highest BCUT2D eigenvalue weighted by Gasteiger charge is 2.24. The molecule has 0 aliphatic carbocycles. The predicted molar refractivity (Wildman–Crippen MR) is 113 cm³/mol. The van der Waals surface area contributed by atoms with Gasteiger partial charge in [0.2, 0.25) is 0 Å². The van der Waals surface area contributed by atoms with Crippen LogP contribution in [0.4, 0.5) is 10.2 Å². The van der Waals surface area contributed by atoms with Crippen LogP contribution in [0.25, 0.3) is 11.3 Å². The number of carbonyl (C=O) groups excluding carboxylic acids is 1. The second kappa shape index (κ2) is 8.14. The van der Waals surface area contributed by atoms with Gasteiger partial charge in [0.05, 0.1) is 5.56 Å². The summed E-state index contributed by atoms with van der Waals surface area (Å²) < 4.78 is 15.2. The van der Waals surface area contributed by atoms with E-state index in [4.69, 9.17) is 0 Å². The Hall–Kier alpha value is -3.42. The van der Waals surface area contributed by atoms with E-state index in [9.17, 15) is 14.0 Å². The fourth-order valence-corrected chi connectivity index (χ4v) is 3.86. The van der Waals surface area contributed by atoms with Crippen LogP contribution in [-0.2, 0) is 7.05 Å². The third-order valence-corrected chi connectivity index (χ3v) is 5.74. The number of anilines is 1. The van der Waals surface area contributed by atoms with Gasteiger partial charge in [0.1, 0.15) is 11.6 Å². The van der Waals surface area contributed by atoms with E-state index in [1.54, 1.807) is 18.2 Å². The van der Waals surface area contributed by atoms with Crippen molar-refractivity contribution < 1.29 is 9.18 Å². The number of carbonyl (C=O) groups is 1. The topological polar surface area (TPSA) is 83.0 Å². The van der Waals surface area contributed by atoms with Gasteiger partial charge in [-0.05, 0) is 61.7 Å². The second-order valence-corrected chi connectivity index (χ2v) is 7.61. The van der Waals surface area contributed by atoms with Gasteiger partial charge >= 0.3 is 0 Å². The van der Waals surface area contributed by atoms with Crippen molar-refractivity contribution in [3.63, 3.8) is 0 Å². The summed E-state index contributed by atoms with van der Waals surface area (Å²) >= 11 is 0. The van der Waals surface area contributed by atoms with Crippen LogP contribution in [0.3, 0.4) is 0 Å². The maximum Gasteiger partial charge on any atom is 0.264 e. The molecule has 0 saturated carbocycles. The van der Waals surface area contributed by atoms with Crippen molar-refractivity contribution in [2.45, 2.75) is 25.8 Å². The van der Waals surface area contributed by atoms with Gasteiger partial charge in [-0.1, -0.05) is 0 Å². The largest absolute Gasteiger partial charge is 0.355 e. The molecule has 1 aromatic carbocycles. The Balaban J connectivity index is 1.42. The molecule has 1 aliphatic rings. The van der Waals surface area contributed by atoms with Crippen molar-refractivity contribution in [2.24, 2.45) is 7.05 Å². The predicted octanol–water partition coefficient (Wildman–Crippen LogP) is 2.62. The van der Waals surface area contributed by atoms with Crippen LogP contribution in [0.15, 0.2) is 47.3 Å². The lowest BCUT2D eigenvalue weighted by molar-refractivity contribution is 0.0930. The first kappa shape index (κ1) is 19.9. The third kappa shape index (κ3) is 3.98. The molecule has 1 amide bonds. The Bertz CT molecular complexity index is 1090. The number of rotatable bonds is 4. The van der Waals surface area contributed by atoms with Gasteiger partial charge < -0.3 is 14.8 Å². The molecule has 0 bridgehead atoms. The zero-order valence-corrected chi connectivity index (χ0v) is 17.0. The fourth-order valence-electron chi connectivity index (χ4n) is 3.86. The molecular formula is C22H24FN5O2. The first-order valence-corrected chi connectivity index (χ1v) is 9.96. The number of nitrogens with zero attached hydrogens (tertiary/aromatic N) is 3. The molecule has 2 N–H and O–H groups in total. The van der Waals surface area contributed by atoms with Gasteiger partial charge in [-0.3, -0.25) is 9.59 Å². The zero-order valence-electron chi connectivity index (χ0n) is 17.0. The van der Waals surface area contributed by atoms with Crippen LogP contribution in [0.1, 0.15) is 28.9 Å². The molecule has 2 aromatic heterocycles. The summed E-state index contributed by atoms with van der Waals surface area (Å²) in [5.74, 6) is 0.352. The molecule has 30 heavy (non-hydrogen) atoms. The summed E-state index contributed by atoms with van der Waals surface area (Å²) in [7, 11) is 1.90. The number of aromatic nitrogens is 3. The van der Waals surface area contributed by atoms with Crippen LogP contribution in [0, 0.1) is 12.7 Å². The molecular weight excluding hydrogens is 385 g/mol. The lowest BCUT2D eigenvalue weighted by Crippen LogP contribution is -2.45. The number of hydrogen-bond donors (Lipinski definition) is 2. The maximum atomic E-state index is 13.2. The Labute approximate surface area is 173 Å². The van der Waals surface area contributed by atoms with E-state index in [1.807, 2.05) is 24.6 Å². The maximum absolute atomic E-state index is 13.2. The van der Waals surface area contributed by atoms with Crippen LogP contribution < -0.4 is 15.8 Å². The van der Waals surface area contributed by atoms with Crippen molar-refractivity contribution in [3.05, 3.63) is 69.9 Å². The Morgan fingerprint density at radius 1 is 1.17 bits per heavy atom. The highest BCUT2D eigenvalue weighted by atomic mass is 19.1. The number of nitrogens with one attached hydrogen (secondary N) is 2. The average molecular weight is 409 g/mol. The lowest BCUT2D eigenvalue weighted by Gasteiger charge is -2.32. The molecule has 1 fully saturated rings. The molecule has 156 valence electrons. The summed E-state index contributed by atoms with van der Waals surface area (Å²) in [5, 5.41) is 9.66. The Morgan fingerprint density at radius 3 is 2.50 bits per heavy atom. The molecule has 0 radical (unpaired) electrons. The highest BCUT2D eigenvalue weighted by Crippen LogP contribution is 2.25. The first-order chi connectivity index (χ1) is 14.4. The summed E-state index contributed by atoms with van der Waals surface area (Å²) in [6.45, 7) is 3.41. The van der Waals surface area contributed by atoms with Crippen molar-refractivity contribution in [1.82, 2.24) is 20.1 Å². The number of piperidine rings is 1. The third-order valence-electron chi connectivity index (χ3n) is 5.74. The minimum absolute atomic E-state index is 0.0744. The fraction of sp³-hybridized carbons (Fsp3) is 0.318. The molecule has 1 saturated heterocycles. The van der Waals surface area contributed by atoms with Crippen molar-refractivity contribution in [1.29, 1.82) is 0 Å². The minimum Gasteiger partial charge on any atom is -0.355 e. The van der Waals surface area contributed by atoms with Gasteiger partial charge in [-0.25, -0.2) is 9.49 Å². The van der Waals surface area contributed by atoms with Crippen LogP contribution in [0.5, 0.6) is 0 Å². The quantitative estimate of drug-likeness (QED) is 0.694. The van der Waals surface area contributed by atoms with Gasteiger partial charge in [0.15, 0.2) is 0 Å². The lowest BCUT2D eigenvalue weighted by atomic mass is 10.0. The monoisotopic (exact) mass is 409 g/mol. The Morgan fingerprint density at radius 2 is 1.87 bits per heavy atom. The van der Waals surface area contributed by atoms with Crippen molar-refractivity contribution >= 4 is 11.7 Å². The molecule has 0 spiro atoms. The minimum atomic E-state index is -0.286. The zero-order chi connectivity index (χ0) is 21.3. The standard InChI is InChI=1S/C22H24FN5O2/c1-14-18(13-19(27(14)2)15-3-5-16(23)6-4-15)22(30)24-17-9-11-28(12-10-17)20-7-8-21(29)26-25-20/h3-8,13,17H,9-12H2,1-2H3,(H,24,30)(H,26,29). The molecule has 1 aliphatic heterocycles. The SMILES string of the molecule is Cc1c(C(=O)NC2CCN(c3ccc(=O)[nH]n3)CC2)cc(-c2ccc(F)cc2)n1C. The van der Waals surface area contributed by atoms with Gasteiger partial charge in [-0.15, -0.1) is 0 Å². The average Bonchev–Trinajstić information content (AvgIpc) is 3.05. The number of amides is 1. The molecule has 8 heteroatoms. The molecule has 3 heterocycles. The molecule has 0 unspecified atom stereocenters. The van der Waals surface area contributed by atoms with Crippen LogP contribution >= 0.6 is 0 Å². The van der Waals surface area contributed by atoms with Crippen LogP contribution in [0.2, 0.25) is 0 Å². The second-order valence-electron chi connectivity index (χ2n) is 7.61. The summed E-state index contributed by atoms with van der Waals surface area (Å²) in [4.78, 5) is 26.2. The summed E-state index contributed by atoms with van der Waals surface area (Å²) in [6.07, 6.45) is 1.59. The first-order valence-electron chi connectivity index (χ1n) is 9.96. The number of H-pyrrole nitrogens is 1. The van der Waals surface area contributed by atoms with E-state index in [0.717, 1.165) is 48.7 Å². The summed E-state index contributed by atoms with van der Waals surface area (Å²) in [5.41, 5.74) is 3.00. The number of benzene rings is 1. The van der Waals surface area contributed by atoms with Gasteiger partial charge in [0, 0.05) is 43.6 Å². The Kier molecular flexibility index (Phi) is 5.39. The van der Waals surface area contributed by atoms with Gasteiger partial charge in [-0.2, -0.15) is 5.10 Å². The number of hydrogen-bond acceptors (Lipinski definition) is 4. The van der Waals surface area contributed by atoms with E-state index < -0.39 is 0 Å². The smallest absolute Gasteiger partial charge is 0.264 e. The van der Waals surface area contributed by atoms with Crippen molar-refractivity contribution in [3.8, 4) is 11.3 Å². The van der Waals surface area contributed by atoms with Gasteiger partial charge in [0.25, 0.3) is 11.5 Å². The van der Waals surface area contributed by atoms with E-state index in [0.29, 0.717) is 5.56 Å². The number of aromatic amines is 1. The van der Waals surface area contributed by atoms with E-state index in [2.05, 4.69) is 20.4 Å². The highest BCUT2D eigenvalue weighted by molar-refractivity contribution is 5.97. The number of halogens is 1. The molecule has 4 rings (SSSR count).